The molecule has 1 amide bonds. The number of nitrogens with one attached hydrogen (secondary N) is 3. The number of H-pyrrole nitrogens is 2. The fourth-order valence-electron chi connectivity index (χ4n) is 4.50. The molecular formula is C29H26N8O. The van der Waals surface area contributed by atoms with Gasteiger partial charge < -0.3 is 15.3 Å². The van der Waals surface area contributed by atoms with Crippen LogP contribution in [0.15, 0.2) is 73.8 Å². The van der Waals surface area contributed by atoms with Crippen molar-refractivity contribution >= 4 is 33.7 Å². The van der Waals surface area contributed by atoms with Gasteiger partial charge >= 0.3 is 0 Å². The summed E-state index contributed by atoms with van der Waals surface area (Å²) in [5.41, 5.74) is 7.45. The molecule has 0 fully saturated rings. The van der Waals surface area contributed by atoms with E-state index < -0.39 is 0 Å². The summed E-state index contributed by atoms with van der Waals surface area (Å²) in [7, 11) is 0. The van der Waals surface area contributed by atoms with Crippen LogP contribution in [0, 0.1) is 5.41 Å². The Labute approximate surface area is 218 Å². The standard InChI is InChI=1S/C29H26N8O/c1-29(2,3)9-25(38)35-20-7-18(11-31-13-20)19-8-21-23(15-34-27(21)33-12-19)28-36-24-16-32-14-22(26(24)37-28)17-5-4-6-30-10-17/h4-8,10-16H,9H2,1-3H3,(H,33,34)(H,35,38)(H,36,37). The van der Waals surface area contributed by atoms with Crippen LogP contribution < -0.4 is 5.32 Å². The molecule has 188 valence electrons. The molecule has 0 saturated carbocycles. The molecular weight excluding hydrogens is 476 g/mol. The quantitative estimate of drug-likeness (QED) is 0.265. The van der Waals surface area contributed by atoms with Gasteiger partial charge in [0.25, 0.3) is 0 Å². The molecule has 0 spiro atoms. The van der Waals surface area contributed by atoms with Gasteiger partial charge in [-0.2, -0.15) is 0 Å². The second-order valence-corrected chi connectivity index (χ2v) is 10.5. The van der Waals surface area contributed by atoms with Crippen molar-refractivity contribution in [2.24, 2.45) is 5.41 Å². The van der Waals surface area contributed by atoms with E-state index in [4.69, 9.17) is 4.98 Å². The molecule has 0 aromatic carbocycles. The Hall–Kier alpha value is -4.92. The van der Waals surface area contributed by atoms with Gasteiger partial charge in [0.2, 0.25) is 5.91 Å². The molecule has 6 rings (SSSR count). The summed E-state index contributed by atoms with van der Waals surface area (Å²) in [5.74, 6) is 0.674. The number of fused-ring (bicyclic) bond motifs is 2. The van der Waals surface area contributed by atoms with Crippen molar-refractivity contribution in [2.75, 3.05) is 5.32 Å². The van der Waals surface area contributed by atoms with Crippen LogP contribution >= 0.6 is 0 Å². The summed E-state index contributed by atoms with van der Waals surface area (Å²) in [5, 5.41) is 3.87. The van der Waals surface area contributed by atoms with Gasteiger partial charge in [-0.3, -0.25) is 19.7 Å². The van der Waals surface area contributed by atoms with E-state index in [-0.39, 0.29) is 11.3 Å². The normalized spacial score (nSPS) is 11.8. The molecule has 0 aliphatic carbocycles. The maximum Gasteiger partial charge on any atom is 0.224 e. The number of aromatic nitrogens is 7. The third-order valence-corrected chi connectivity index (χ3v) is 6.20. The van der Waals surface area contributed by atoms with Crippen LogP contribution in [0.4, 0.5) is 5.69 Å². The first-order chi connectivity index (χ1) is 18.3. The average Bonchev–Trinajstić information content (AvgIpc) is 3.51. The molecule has 0 radical (unpaired) electrons. The lowest BCUT2D eigenvalue weighted by Crippen LogP contribution is -2.19. The zero-order valence-corrected chi connectivity index (χ0v) is 21.3. The van der Waals surface area contributed by atoms with Crippen LogP contribution in [0.25, 0.3) is 55.7 Å². The zero-order valence-electron chi connectivity index (χ0n) is 21.3. The highest BCUT2D eigenvalue weighted by molar-refractivity contribution is 5.98. The van der Waals surface area contributed by atoms with E-state index >= 15 is 0 Å². The number of rotatable bonds is 5. The largest absolute Gasteiger partial charge is 0.345 e. The molecule has 3 N–H and O–H groups in total. The molecule has 0 unspecified atom stereocenters. The van der Waals surface area contributed by atoms with E-state index in [1.807, 2.05) is 45.2 Å². The van der Waals surface area contributed by atoms with Crippen LogP contribution in [0.1, 0.15) is 27.2 Å². The number of carbonyl (C=O) groups excluding carboxylic acids is 1. The summed E-state index contributed by atoms with van der Waals surface area (Å²) in [6.07, 6.45) is 14.7. The number of hydrogen-bond acceptors (Lipinski definition) is 6. The Bertz CT molecular complexity index is 1780. The second-order valence-electron chi connectivity index (χ2n) is 10.5. The SMILES string of the molecule is CC(C)(C)CC(=O)Nc1cncc(-c2cnc3[nH]cc(-c4nc5c(-c6cccnc6)cncc5[nH]4)c3c2)c1. The van der Waals surface area contributed by atoms with E-state index in [0.717, 1.165) is 49.9 Å². The van der Waals surface area contributed by atoms with Crippen LogP contribution in [0.2, 0.25) is 0 Å². The van der Waals surface area contributed by atoms with Crippen molar-refractivity contribution in [1.82, 2.24) is 34.9 Å². The minimum absolute atomic E-state index is 0.0389. The summed E-state index contributed by atoms with van der Waals surface area (Å²) in [4.78, 5) is 41.6. The van der Waals surface area contributed by atoms with Gasteiger partial charge in [-0.1, -0.05) is 26.8 Å². The minimum atomic E-state index is -0.0970. The van der Waals surface area contributed by atoms with Crippen LogP contribution in [-0.4, -0.2) is 40.8 Å². The molecule has 0 aliphatic rings. The average molecular weight is 503 g/mol. The van der Waals surface area contributed by atoms with Gasteiger partial charge in [-0.15, -0.1) is 0 Å². The van der Waals surface area contributed by atoms with Gasteiger partial charge in [0.05, 0.1) is 29.1 Å². The summed E-state index contributed by atoms with van der Waals surface area (Å²) < 4.78 is 0. The smallest absolute Gasteiger partial charge is 0.224 e. The summed E-state index contributed by atoms with van der Waals surface area (Å²) in [6.45, 7) is 6.11. The predicted octanol–water partition coefficient (Wildman–Crippen LogP) is 6.00. The van der Waals surface area contributed by atoms with Crippen molar-refractivity contribution in [3.05, 3.63) is 73.8 Å². The molecule has 0 aliphatic heterocycles. The van der Waals surface area contributed by atoms with E-state index in [2.05, 4.69) is 41.3 Å². The number of anilines is 1. The number of aromatic amines is 2. The highest BCUT2D eigenvalue weighted by Gasteiger charge is 2.17. The fourth-order valence-corrected chi connectivity index (χ4v) is 4.50. The van der Waals surface area contributed by atoms with E-state index in [0.29, 0.717) is 17.9 Å². The Kier molecular flexibility index (Phi) is 5.68. The number of hydrogen-bond donors (Lipinski definition) is 3. The van der Waals surface area contributed by atoms with Crippen molar-refractivity contribution in [3.8, 4) is 33.6 Å². The molecule has 0 bridgehead atoms. The summed E-state index contributed by atoms with van der Waals surface area (Å²) >= 11 is 0. The molecule has 0 saturated heterocycles. The first-order valence-electron chi connectivity index (χ1n) is 12.3. The number of amides is 1. The molecule has 9 heteroatoms. The van der Waals surface area contributed by atoms with E-state index in [9.17, 15) is 4.79 Å². The Morgan fingerprint density at radius 3 is 2.55 bits per heavy atom. The fraction of sp³-hybridized carbons (Fsp3) is 0.172. The van der Waals surface area contributed by atoms with Crippen molar-refractivity contribution in [3.63, 3.8) is 0 Å². The van der Waals surface area contributed by atoms with E-state index in [1.54, 1.807) is 43.4 Å². The molecule has 6 heterocycles. The summed E-state index contributed by atoms with van der Waals surface area (Å²) in [6, 6.07) is 7.86. The number of pyridine rings is 4. The van der Waals surface area contributed by atoms with Gasteiger partial charge in [-0.05, 0) is 23.6 Å². The third-order valence-electron chi connectivity index (χ3n) is 6.20. The number of carbonyl (C=O) groups is 1. The maximum atomic E-state index is 12.4. The highest BCUT2D eigenvalue weighted by atomic mass is 16.1. The Morgan fingerprint density at radius 1 is 0.921 bits per heavy atom. The van der Waals surface area contributed by atoms with Crippen molar-refractivity contribution in [2.45, 2.75) is 27.2 Å². The molecule has 0 atom stereocenters. The monoisotopic (exact) mass is 502 g/mol. The van der Waals surface area contributed by atoms with Crippen molar-refractivity contribution < 1.29 is 4.79 Å². The van der Waals surface area contributed by atoms with Gasteiger partial charge in [0.1, 0.15) is 11.5 Å². The minimum Gasteiger partial charge on any atom is -0.345 e. The maximum absolute atomic E-state index is 12.4. The lowest BCUT2D eigenvalue weighted by Gasteiger charge is -2.17. The van der Waals surface area contributed by atoms with E-state index in [1.165, 1.54) is 0 Å². The number of imidazole rings is 1. The zero-order chi connectivity index (χ0) is 26.3. The lowest BCUT2D eigenvalue weighted by molar-refractivity contribution is -0.117. The van der Waals surface area contributed by atoms with Gasteiger partial charge in [0, 0.05) is 76.8 Å². The van der Waals surface area contributed by atoms with Gasteiger partial charge in [-0.25, -0.2) is 9.97 Å². The highest BCUT2D eigenvalue weighted by Crippen LogP contribution is 2.33. The van der Waals surface area contributed by atoms with Crippen molar-refractivity contribution in [1.29, 1.82) is 0 Å². The first kappa shape index (κ1) is 23.5. The van der Waals surface area contributed by atoms with Crippen LogP contribution in [0.5, 0.6) is 0 Å². The second kappa shape index (κ2) is 9.19. The molecule has 38 heavy (non-hydrogen) atoms. The molecule has 6 aromatic rings. The Morgan fingerprint density at radius 2 is 1.74 bits per heavy atom. The molecule has 6 aromatic heterocycles. The Balaban J connectivity index is 1.36. The van der Waals surface area contributed by atoms with Gasteiger partial charge in [0.15, 0.2) is 0 Å². The van der Waals surface area contributed by atoms with Crippen LogP contribution in [-0.2, 0) is 4.79 Å². The van der Waals surface area contributed by atoms with Crippen LogP contribution in [0.3, 0.4) is 0 Å². The lowest BCUT2D eigenvalue weighted by atomic mass is 9.92. The number of nitrogens with zero attached hydrogens (tertiary/aromatic N) is 5. The first-order valence-corrected chi connectivity index (χ1v) is 12.3. The predicted molar refractivity (Wildman–Crippen MR) is 148 cm³/mol. The topological polar surface area (TPSA) is 125 Å². The molecule has 9 nitrogen and oxygen atoms in total. The third kappa shape index (κ3) is 4.61.